The SMILES string of the molecule is Cc1cccc(OCc2nnc(NC(=O)c3ccc(-c4ccc(Cl)cc4)o3)s2)c1. The molecule has 4 aromatic rings. The predicted octanol–water partition coefficient (Wildman–Crippen LogP) is 5.59. The number of halogens is 1. The lowest BCUT2D eigenvalue weighted by atomic mass is 10.2. The number of carbonyl (C=O) groups excluding carboxylic acids is 1. The number of nitrogens with zero attached hydrogens (tertiary/aromatic N) is 2. The maximum atomic E-state index is 12.4. The Balaban J connectivity index is 1.37. The van der Waals surface area contributed by atoms with Crippen molar-refractivity contribution in [3.8, 4) is 17.1 Å². The number of anilines is 1. The number of nitrogens with one attached hydrogen (secondary N) is 1. The van der Waals surface area contributed by atoms with Gasteiger partial charge in [-0.3, -0.25) is 10.1 Å². The highest BCUT2D eigenvalue weighted by Crippen LogP contribution is 2.25. The van der Waals surface area contributed by atoms with E-state index in [1.807, 2.05) is 43.3 Å². The van der Waals surface area contributed by atoms with Crippen LogP contribution in [0.4, 0.5) is 5.13 Å². The van der Waals surface area contributed by atoms with Gasteiger partial charge in [0.25, 0.3) is 5.91 Å². The summed E-state index contributed by atoms with van der Waals surface area (Å²) in [7, 11) is 0. The summed E-state index contributed by atoms with van der Waals surface area (Å²) in [6.45, 7) is 2.27. The minimum atomic E-state index is -0.396. The molecule has 0 aliphatic carbocycles. The van der Waals surface area contributed by atoms with Crippen molar-refractivity contribution in [1.82, 2.24) is 10.2 Å². The number of ether oxygens (including phenoxy) is 1. The second kappa shape index (κ2) is 8.46. The van der Waals surface area contributed by atoms with Crippen molar-refractivity contribution in [2.24, 2.45) is 0 Å². The molecule has 6 nitrogen and oxygen atoms in total. The average molecular weight is 426 g/mol. The Hall–Kier alpha value is -3.16. The van der Waals surface area contributed by atoms with Crippen LogP contribution in [0, 0.1) is 6.92 Å². The summed E-state index contributed by atoms with van der Waals surface area (Å²) in [6, 6.07) is 18.3. The Bertz CT molecular complexity index is 1140. The molecule has 0 saturated heterocycles. The van der Waals surface area contributed by atoms with Gasteiger partial charge >= 0.3 is 0 Å². The Morgan fingerprint density at radius 3 is 2.76 bits per heavy atom. The van der Waals surface area contributed by atoms with Crippen LogP contribution < -0.4 is 10.1 Å². The van der Waals surface area contributed by atoms with Gasteiger partial charge in [-0.2, -0.15) is 0 Å². The van der Waals surface area contributed by atoms with Gasteiger partial charge in [-0.15, -0.1) is 10.2 Å². The van der Waals surface area contributed by atoms with Crippen molar-refractivity contribution in [2.45, 2.75) is 13.5 Å². The predicted molar refractivity (Wildman–Crippen MR) is 113 cm³/mol. The van der Waals surface area contributed by atoms with Crippen LogP contribution in [0.15, 0.2) is 65.1 Å². The number of furan rings is 1. The zero-order valence-electron chi connectivity index (χ0n) is 15.4. The van der Waals surface area contributed by atoms with E-state index in [-0.39, 0.29) is 12.4 Å². The van der Waals surface area contributed by atoms with Crippen LogP contribution in [0.1, 0.15) is 21.1 Å². The van der Waals surface area contributed by atoms with Crippen LogP contribution >= 0.6 is 22.9 Å². The molecule has 0 bridgehead atoms. The van der Waals surface area contributed by atoms with E-state index in [1.54, 1.807) is 24.3 Å². The molecule has 0 spiro atoms. The fourth-order valence-corrected chi connectivity index (χ4v) is 3.37. The summed E-state index contributed by atoms with van der Waals surface area (Å²) in [6.07, 6.45) is 0. The molecule has 2 heterocycles. The normalized spacial score (nSPS) is 10.7. The minimum Gasteiger partial charge on any atom is -0.486 e. The third kappa shape index (κ3) is 4.82. The van der Waals surface area contributed by atoms with E-state index in [1.165, 1.54) is 11.3 Å². The number of aromatic nitrogens is 2. The molecule has 29 heavy (non-hydrogen) atoms. The van der Waals surface area contributed by atoms with Gasteiger partial charge in [0, 0.05) is 10.6 Å². The maximum Gasteiger partial charge on any atom is 0.293 e. The van der Waals surface area contributed by atoms with Gasteiger partial charge in [0.1, 0.15) is 18.1 Å². The molecule has 8 heteroatoms. The summed E-state index contributed by atoms with van der Waals surface area (Å²) in [4.78, 5) is 12.4. The van der Waals surface area contributed by atoms with Crippen molar-refractivity contribution < 1.29 is 13.9 Å². The third-order valence-electron chi connectivity index (χ3n) is 4.00. The minimum absolute atomic E-state index is 0.183. The highest BCUT2D eigenvalue weighted by Gasteiger charge is 2.15. The van der Waals surface area contributed by atoms with E-state index in [0.717, 1.165) is 16.9 Å². The summed E-state index contributed by atoms with van der Waals surface area (Å²) >= 11 is 7.14. The largest absolute Gasteiger partial charge is 0.486 e. The molecule has 0 aliphatic rings. The summed E-state index contributed by atoms with van der Waals surface area (Å²) in [5.74, 6) is 1.13. The lowest BCUT2D eigenvalue weighted by Crippen LogP contribution is -2.10. The van der Waals surface area contributed by atoms with Gasteiger partial charge in [-0.1, -0.05) is 35.1 Å². The molecule has 1 amide bonds. The Kier molecular flexibility index (Phi) is 5.59. The van der Waals surface area contributed by atoms with Crippen LogP contribution in [0.2, 0.25) is 5.02 Å². The number of hydrogen-bond donors (Lipinski definition) is 1. The fourth-order valence-electron chi connectivity index (χ4n) is 2.60. The smallest absolute Gasteiger partial charge is 0.293 e. The van der Waals surface area contributed by atoms with Crippen LogP contribution in [-0.4, -0.2) is 16.1 Å². The highest BCUT2D eigenvalue weighted by atomic mass is 35.5. The molecule has 0 unspecified atom stereocenters. The maximum absolute atomic E-state index is 12.4. The van der Waals surface area contributed by atoms with E-state index in [0.29, 0.717) is 20.9 Å². The first kappa shape index (κ1) is 19.2. The monoisotopic (exact) mass is 425 g/mol. The van der Waals surface area contributed by atoms with Crippen molar-refractivity contribution in [3.63, 3.8) is 0 Å². The molecule has 0 fully saturated rings. The van der Waals surface area contributed by atoms with Crippen molar-refractivity contribution in [3.05, 3.63) is 82.0 Å². The van der Waals surface area contributed by atoms with Crippen LogP contribution in [0.25, 0.3) is 11.3 Å². The van der Waals surface area contributed by atoms with Gasteiger partial charge in [-0.05, 0) is 61.0 Å². The van der Waals surface area contributed by atoms with Crippen molar-refractivity contribution in [1.29, 1.82) is 0 Å². The first-order valence-corrected chi connectivity index (χ1v) is 9.95. The standard InChI is InChI=1S/C21H16ClN3O3S/c1-13-3-2-4-16(11-13)27-12-19-24-25-21(29-19)23-20(26)18-10-9-17(28-18)14-5-7-15(22)8-6-14/h2-11H,12H2,1H3,(H,23,25,26). The van der Waals surface area contributed by atoms with Crippen molar-refractivity contribution in [2.75, 3.05) is 5.32 Å². The number of rotatable bonds is 6. The van der Waals surface area contributed by atoms with Gasteiger partial charge in [0.15, 0.2) is 10.8 Å². The Morgan fingerprint density at radius 2 is 1.97 bits per heavy atom. The van der Waals surface area contributed by atoms with E-state index >= 15 is 0 Å². The lowest BCUT2D eigenvalue weighted by molar-refractivity contribution is 0.0997. The molecule has 0 aliphatic heterocycles. The van der Waals surface area contributed by atoms with Gasteiger partial charge < -0.3 is 9.15 Å². The van der Waals surface area contributed by atoms with Crippen LogP contribution in [0.5, 0.6) is 5.75 Å². The summed E-state index contributed by atoms with van der Waals surface area (Å²) in [5, 5.41) is 12.4. The fraction of sp³-hybridized carbons (Fsp3) is 0.0952. The molecular weight excluding hydrogens is 410 g/mol. The van der Waals surface area contributed by atoms with Gasteiger partial charge in [0.2, 0.25) is 5.13 Å². The molecule has 0 saturated carbocycles. The molecule has 1 N–H and O–H groups in total. The summed E-state index contributed by atoms with van der Waals surface area (Å²) in [5.41, 5.74) is 1.95. The van der Waals surface area contributed by atoms with E-state index < -0.39 is 5.91 Å². The van der Waals surface area contributed by atoms with Gasteiger partial charge in [-0.25, -0.2) is 0 Å². The van der Waals surface area contributed by atoms with E-state index in [4.69, 9.17) is 20.8 Å². The number of aryl methyl sites for hydroxylation is 1. The highest BCUT2D eigenvalue weighted by molar-refractivity contribution is 7.15. The number of amides is 1. The first-order chi connectivity index (χ1) is 14.1. The zero-order valence-corrected chi connectivity index (χ0v) is 17.0. The lowest BCUT2D eigenvalue weighted by Gasteiger charge is -2.03. The number of hydrogen-bond acceptors (Lipinski definition) is 6. The molecule has 0 radical (unpaired) electrons. The average Bonchev–Trinajstić information content (AvgIpc) is 3.37. The van der Waals surface area contributed by atoms with E-state index in [9.17, 15) is 4.79 Å². The second-order valence-corrected chi connectivity index (χ2v) is 7.73. The molecule has 146 valence electrons. The zero-order chi connectivity index (χ0) is 20.2. The number of carbonyl (C=O) groups is 1. The molecule has 2 aromatic heterocycles. The molecular formula is C21H16ClN3O3S. The molecule has 4 rings (SSSR count). The second-order valence-electron chi connectivity index (χ2n) is 6.23. The summed E-state index contributed by atoms with van der Waals surface area (Å²) < 4.78 is 11.3. The van der Waals surface area contributed by atoms with Crippen molar-refractivity contribution >= 4 is 34.0 Å². The third-order valence-corrected chi connectivity index (χ3v) is 5.06. The quantitative estimate of drug-likeness (QED) is 0.435. The number of benzene rings is 2. The molecule has 2 aromatic carbocycles. The topological polar surface area (TPSA) is 77.3 Å². The Morgan fingerprint density at radius 1 is 1.14 bits per heavy atom. The van der Waals surface area contributed by atoms with Crippen LogP contribution in [-0.2, 0) is 6.61 Å². The van der Waals surface area contributed by atoms with E-state index in [2.05, 4.69) is 15.5 Å². The van der Waals surface area contributed by atoms with Gasteiger partial charge in [0.05, 0.1) is 0 Å². The Labute approximate surface area is 176 Å². The first-order valence-electron chi connectivity index (χ1n) is 8.76. The van der Waals surface area contributed by atoms with Crippen LogP contribution in [0.3, 0.4) is 0 Å². The molecule has 0 atom stereocenters.